The van der Waals surface area contributed by atoms with E-state index in [1.165, 1.54) is 48.3 Å². The number of fused-ring (bicyclic) bond motifs is 5. The summed E-state index contributed by atoms with van der Waals surface area (Å²) in [5.41, 5.74) is 4.45. The van der Waals surface area contributed by atoms with Gasteiger partial charge in [0.25, 0.3) is 0 Å². The summed E-state index contributed by atoms with van der Waals surface area (Å²) in [5, 5.41) is 21.6. The Bertz CT molecular complexity index is 1260. The van der Waals surface area contributed by atoms with Gasteiger partial charge >= 0.3 is 0 Å². The van der Waals surface area contributed by atoms with Crippen molar-refractivity contribution in [2.45, 2.75) is 73.9 Å². The number of thioether (sulfide) groups is 2. The van der Waals surface area contributed by atoms with Crippen molar-refractivity contribution in [3.63, 3.8) is 0 Å². The lowest BCUT2D eigenvalue weighted by Gasteiger charge is -2.59. The van der Waals surface area contributed by atoms with E-state index in [2.05, 4.69) is 77.9 Å². The lowest BCUT2D eigenvalue weighted by molar-refractivity contribution is -0.122. The van der Waals surface area contributed by atoms with E-state index in [1.807, 2.05) is 18.5 Å². The number of aliphatic hydroxyl groups is 1. The normalized spacial score (nSPS) is 39.1. The number of hydrogen-bond donors (Lipinski definition) is 1. The minimum Gasteiger partial charge on any atom is -0.388 e. The zero-order chi connectivity index (χ0) is 26.0. The molecule has 3 saturated carbocycles. The summed E-state index contributed by atoms with van der Waals surface area (Å²) < 4.78 is 0.336. The third kappa shape index (κ3) is 3.85. The maximum absolute atomic E-state index is 11.9. The Morgan fingerprint density at radius 1 is 1.03 bits per heavy atom. The molecule has 2 aromatic rings. The molecule has 5 heteroatoms. The number of hydrogen-bond acceptors (Lipinski definition) is 5. The van der Waals surface area contributed by atoms with Gasteiger partial charge in [-0.15, -0.1) is 23.5 Å². The van der Waals surface area contributed by atoms with Crippen LogP contribution in [-0.4, -0.2) is 31.3 Å². The maximum atomic E-state index is 11.9. The second-order valence-electron chi connectivity index (χ2n) is 12.8. The summed E-state index contributed by atoms with van der Waals surface area (Å²) in [5.74, 6) is 5.44. The predicted molar refractivity (Wildman–Crippen MR) is 158 cm³/mol. The molecule has 1 aromatic heterocycles. The van der Waals surface area contributed by atoms with Gasteiger partial charge in [0.05, 0.1) is 22.2 Å². The van der Waals surface area contributed by atoms with Crippen molar-refractivity contribution in [1.82, 2.24) is 4.98 Å². The molecule has 1 aromatic carbocycles. The minimum absolute atomic E-state index is 0.204. The van der Waals surface area contributed by atoms with Crippen molar-refractivity contribution >= 4 is 23.5 Å². The number of nitrogens with zero attached hydrogens (tertiary/aromatic N) is 2. The Kier molecular flexibility index (Phi) is 6.26. The smallest absolute Gasteiger partial charge is 0.0833 e. The molecule has 1 N–H and O–H groups in total. The average molecular weight is 543 g/mol. The van der Waals surface area contributed by atoms with Gasteiger partial charge in [-0.05, 0) is 97.3 Å². The number of aromatic nitrogens is 1. The van der Waals surface area contributed by atoms with E-state index in [-0.39, 0.29) is 11.8 Å². The zero-order valence-corrected chi connectivity index (χ0v) is 23.9. The van der Waals surface area contributed by atoms with Crippen LogP contribution in [0.1, 0.15) is 69.8 Å². The highest BCUT2D eigenvalue weighted by atomic mass is 32.2. The molecule has 7 rings (SSSR count). The average Bonchev–Trinajstić information content (AvgIpc) is 3.50. The summed E-state index contributed by atoms with van der Waals surface area (Å²) in [6.45, 7) is 2.34. The second kappa shape index (κ2) is 9.43. The van der Waals surface area contributed by atoms with Crippen LogP contribution in [0.25, 0.3) is 11.1 Å². The standard InChI is InChI=1S/C33H38N2OS2/c1-31-20-28(23-6-4-22(5-7-23)25-3-2-16-35-21-25)30-26-10-13-33(37-17-18-38-33)19-24(26)8-9-27(30)29(31)11-12-32(31,36)14-15-34/h2-7,16,19,21,26-30,36H,8-14,17-18,20H2,1H3/t26-,27-,28+,29-,30+,31-,32+/m0/s1. The number of pyridine rings is 1. The van der Waals surface area contributed by atoms with Crippen LogP contribution in [0, 0.1) is 40.4 Å². The third-order valence-corrected chi connectivity index (χ3v) is 14.7. The topological polar surface area (TPSA) is 56.9 Å². The molecule has 4 aliphatic carbocycles. The first kappa shape index (κ1) is 25.2. The van der Waals surface area contributed by atoms with E-state index in [4.69, 9.17) is 0 Å². The van der Waals surface area contributed by atoms with Gasteiger partial charge in [0, 0.05) is 29.3 Å². The first-order valence-corrected chi connectivity index (χ1v) is 16.5. The minimum atomic E-state index is -0.866. The van der Waals surface area contributed by atoms with Gasteiger partial charge in [-0.1, -0.05) is 48.9 Å². The predicted octanol–water partition coefficient (Wildman–Crippen LogP) is 7.84. The lowest BCUT2D eigenvalue weighted by Crippen LogP contribution is -2.55. The molecule has 1 aliphatic heterocycles. The molecule has 1 spiro atoms. The van der Waals surface area contributed by atoms with Crippen LogP contribution in [-0.2, 0) is 0 Å². The monoisotopic (exact) mass is 542 g/mol. The first-order chi connectivity index (χ1) is 18.5. The van der Waals surface area contributed by atoms with E-state index in [0.717, 1.165) is 24.8 Å². The number of nitriles is 1. The highest BCUT2D eigenvalue weighted by Gasteiger charge is 2.64. The maximum Gasteiger partial charge on any atom is 0.0833 e. The number of rotatable bonds is 3. The Morgan fingerprint density at radius 2 is 1.84 bits per heavy atom. The Balaban J connectivity index is 1.29. The van der Waals surface area contributed by atoms with Crippen molar-refractivity contribution in [3.05, 3.63) is 66.0 Å². The first-order valence-electron chi connectivity index (χ1n) is 14.5. The summed E-state index contributed by atoms with van der Waals surface area (Å²) in [6, 6.07) is 15.7. The SMILES string of the molecule is C[C@]12C[C@H](c3ccc(-c4cccnc4)cc3)[C@H]3[C@@H](CCC4=CC5(CC[C@@H]43)SCCS5)[C@@H]1CC[C@@]2(O)CC#N. The molecule has 0 unspecified atom stereocenters. The van der Waals surface area contributed by atoms with Gasteiger partial charge in [-0.25, -0.2) is 0 Å². The van der Waals surface area contributed by atoms with Gasteiger partial charge in [0.1, 0.15) is 0 Å². The van der Waals surface area contributed by atoms with Crippen molar-refractivity contribution < 1.29 is 5.11 Å². The van der Waals surface area contributed by atoms with Crippen LogP contribution in [0.3, 0.4) is 0 Å². The van der Waals surface area contributed by atoms with Crippen LogP contribution in [0.5, 0.6) is 0 Å². The van der Waals surface area contributed by atoms with E-state index < -0.39 is 5.60 Å². The molecule has 1 saturated heterocycles. The van der Waals surface area contributed by atoms with Gasteiger partial charge in [-0.3, -0.25) is 4.98 Å². The Hall–Kier alpha value is -1.74. The molecule has 3 nitrogen and oxygen atoms in total. The third-order valence-electron chi connectivity index (χ3n) is 11.3. The molecule has 198 valence electrons. The highest BCUT2D eigenvalue weighted by Crippen LogP contribution is 2.69. The molecule has 2 heterocycles. The summed E-state index contributed by atoms with van der Waals surface area (Å²) in [7, 11) is 0. The van der Waals surface area contributed by atoms with Crippen molar-refractivity contribution in [2.75, 3.05) is 11.5 Å². The van der Waals surface area contributed by atoms with E-state index in [9.17, 15) is 10.4 Å². The lowest BCUT2D eigenvalue weighted by atomic mass is 9.46. The van der Waals surface area contributed by atoms with Crippen LogP contribution in [0.15, 0.2) is 60.4 Å². The molecule has 0 amide bonds. The van der Waals surface area contributed by atoms with Gasteiger partial charge in [0.2, 0.25) is 0 Å². The second-order valence-corrected chi connectivity index (χ2v) is 15.9. The van der Waals surface area contributed by atoms with Gasteiger partial charge in [-0.2, -0.15) is 5.26 Å². The summed E-state index contributed by atoms with van der Waals surface area (Å²) in [6.07, 6.45) is 14.7. The molecule has 0 radical (unpaired) electrons. The fraction of sp³-hybridized carbons (Fsp3) is 0.576. The van der Waals surface area contributed by atoms with Crippen molar-refractivity contribution in [1.29, 1.82) is 5.26 Å². The quantitative estimate of drug-likeness (QED) is 0.401. The summed E-state index contributed by atoms with van der Waals surface area (Å²) in [4.78, 5) is 4.32. The van der Waals surface area contributed by atoms with Crippen molar-refractivity contribution in [3.8, 4) is 17.2 Å². The van der Waals surface area contributed by atoms with E-state index in [1.54, 1.807) is 5.57 Å². The van der Waals surface area contributed by atoms with Gasteiger partial charge < -0.3 is 5.11 Å². The van der Waals surface area contributed by atoms with Crippen LogP contribution in [0.2, 0.25) is 0 Å². The molecule has 4 fully saturated rings. The van der Waals surface area contributed by atoms with Crippen LogP contribution < -0.4 is 0 Å². The van der Waals surface area contributed by atoms with Crippen LogP contribution >= 0.6 is 23.5 Å². The van der Waals surface area contributed by atoms with Crippen molar-refractivity contribution in [2.24, 2.45) is 29.1 Å². The number of allylic oxidation sites excluding steroid dienone is 1. The van der Waals surface area contributed by atoms with E-state index in [0.29, 0.717) is 33.7 Å². The van der Waals surface area contributed by atoms with Gasteiger partial charge in [0.15, 0.2) is 0 Å². The zero-order valence-electron chi connectivity index (χ0n) is 22.3. The molecule has 5 aliphatic rings. The molecule has 38 heavy (non-hydrogen) atoms. The van der Waals surface area contributed by atoms with Crippen LogP contribution in [0.4, 0.5) is 0 Å². The molecule has 7 atom stereocenters. The fourth-order valence-electron chi connectivity index (χ4n) is 9.45. The van der Waals surface area contributed by atoms with E-state index >= 15 is 0 Å². The fourth-order valence-corrected chi connectivity index (χ4v) is 12.6. The molecule has 0 bridgehead atoms. The Labute approximate surface area is 235 Å². The molecular formula is C33H38N2OS2. The molecular weight excluding hydrogens is 505 g/mol. The summed E-state index contributed by atoms with van der Waals surface area (Å²) >= 11 is 4.37. The number of benzene rings is 1. The highest BCUT2D eigenvalue weighted by molar-refractivity contribution is 8.21. The Morgan fingerprint density at radius 3 is 2.58 bits per heavy atom. The largest absolute Gasteiger partial charge is 0.388 e.